The monoisotopic (exact) mass is 285 g/mol. The van der Waals surface area contributed by atoms with Crippen molar-refractivity contribution in [3.63, 3.8) is 0 Å². The fourth-order valence-corrected chi connectivity index (χ4v) is 1.93. The summed E-state index contributed by atoms with van der Waals surface area (Å²) in [6, 6.07) is 0. The normalized spacial score (nSPS) is 11.8. The number of hydrogen-bond acceptors (Lipinski definition) is 5. The molecular formula is C12H20ClN5O. The lowest BCUT2D eigenvalue weighted by atomic mass is 10.1. The van der Waals surface area contributed by atoms with Gasteiger partial charge < -0.3 is 15.5 Å². The molecule has 0 aliphatic carbocycles. The van der Waals surface area contributed by atoms with Crippen molar-refractivity contribution in [2.24, 2.45) is 5.92 Å². The number of amides is 1. The molecule has 6 nitrogen and oxygen atoms in total. The molecule has 0 fully saturated rings. The van der Waals surface area contributed by atoms with Gasteiger partial charge in [0.1, 0.15) is 5.02 Å². The largest absolute Gasteiger partial charge is 0.359 e. The Morgan fingerprint density at radius 1 is 1.58 bits per heavy atom. The number of nitrogens with zero attached hydrogens (tertiary/aromatic N) is 3. The van der Waals surface area contributed by atoms with E-state index in [0.717, 1.165) is 6.54 Å². The lowest BCUT2D eigenvalue weighted by Gasteiger charge is -2.22. The summed E-state index contributed by atoms with van der Waals surface area (Å²) in [6.07, 6.45) is 1.56. The summed E-state index contributed by atoms with van der Waals surface area (Å²) in [5, 5.41) is 6.12. The third kappa shape index (κ3) is 4.24. The molecule has 2 N–H and O–H groups in total. The number of rotatable bonds is 6. The van der Waals surface area contributed by atoms with Crippen molar-refractivity contribution in [1.29, 1.82) is 0 Å². The van der Waals surface area contributed by atoms with Gasteiger partial charge in [0.2, 0.25) is 11.9 Å². The van der Waals surface area contributed by atoms with Crippen LogP contribution < -0.4 is 15.5 Å². The maximum absolute atomic E-state index is 11.5. The molecule has 1 aromatic rings. The molecule has 19 heavy (non-hydrogen) atoms. The Hall–Kier alpha value is -1.56. The summed E-state index contributed by atoms with van der Waals surface area (Å²) in [5.41, 5.74) is 0. The van der Waals surface area contributed by atoms with Gasteiger partial charge in [0.05, 0.1) is 12.1 Å². The molecule has 0 bridgehead atoms. The van der Waals surface area contributed by atoms with Crippen LogP contribution in [-0.2, 0) is 4.79 Å². The predicted molar refractivity (Wildman–Crippen MR) is 77.7 cm³/mol. The minimum atomic E-state index is -0.149. The van der Waals surface area contributed by atoms with Crippen LogP contribution in [0.3, 0.4) is 0 Å². The quantitative estimate of drug-likeness (QED) is 0.826. The Kier molecular flexibility index (Phi) is 5.82. The molecule has 7 heteroatoms. The molecule has 0 radical (unpaired) electrons. The van der Waals surface area contributed by atoms with Gasteiger partial charge in [-0.3, -0.25) is 4.79 Å². The van der Waals surface area contributed by atoms with E-state index >= 15 is 0 Å². The highest BCUT2D eigenvalue weighted by Gasteiger charge is 2.17. The molecule has 1 rings (SSSR count). The lowest BCUT2D eigenvalue weighted by molar-refractivity contribution is -0.123. The summed E-state index contributed by atoms with van der Waals surface area (Å²) < 4.78 is 0. The van der Waals surface area contributed by atoms with E-state index in [9.17, 15) is 4.79 Å². The van der Waals surface area contributed by atoms with Gasteiger partial charge in [-0.1, -0.05) is 18.5 Å². The van der Waals surface area contributed by atoms with E-state index in [0.29, 0.717) is 23.3 Å². The van der Waals surface area contributed by atoms with Crippen LogP contribution in [0.1, 0.15) is 13.8 Å². The van der Waals surface area contributed by atoms with Crippen LogP contribution in [0.2, 0.25) is 5.02 Å². The van der Waals surface area contributed by atoms with E-state index in [4.69, 9.17) is 11.6 Å². The summed E-state index contributed by atoms with van der Waals surface area (Å²) >= 11 is 6.09. The Bertz CT molecular complexity index is 440. The Morgan fingerprint density at radius 3 is 2.84 bits per heavy atom. The maximum atomic E-state index is 11.5. The van der Waals surface area contributed by atoms with Crippen molar-refractivity contribution < 1.29 is 4.79 Å². The van der Waals surface area contributed by atoms with Gasteiger partial charge in [0.25, 0.3) is 0 Å². The Balaban J connectivity index is 2.83. The SMILES string of the molecule is CCNc1ncc(Cl)c(N(C)CC(C)C(=O)NC)n1. The molecule has 0 aromatic carbocycles. The predicted octanol–water partition coefficient (Wildman–Crippen LogP) is 1.38. The lowest BCUT2D eigenvalue weighted by Crippen LogP contribution is -2.34. The van der Waals surface area contributed by atoms with Crippen LogP contribution in [0, 0.1) is 5.92 Å². The van der Waals surface area contributed by atoms with Crippen molar-refractivity contribution in [3.05, 3.63) is 11.2 Å². The number of anilines is 2. The van der Waals surface area contributed by atoms with Gasteiger partial charge in [0.15, 0.2) is 5.82 Å². The zero-order valence-electron chi connectivity index (χ0n) is 11.7. The fraction of sp³-hybridized carbons (Fsp3) is 0.583. The van der Waals surface area contributed by atoms with E-state index in [1.165, 1.54) is 0 Å². The molecule has 0 aliphatic rings. The zero-order valence-corrected chi connectivity index (χ0v) is 12.5. The first-order chi connectivity index (χ1) is 8.99. The van der Waals surface area contributed by atoms with Gasteiger partial charge >= 0.3 is 0 Å². The number of carbonyl (C=O) groups is 1. The topological polar surface area (TPSA) is 70.2 Å². The second kappa shape index (κ2) is 7.13. The van der Waals surface area contributed by atoms with E-state index in [-0.39, 0.29) is 11.8 Å². The summed E-state index contributed by atoms with van der Waals surface area (Å²) in [4.78, 5) is 21.8. The fourth-order valence-electron chi connectivity index (χ4n) is 1.70. The number of aromatic nitrogens is 2. The smallest absolute Gasteiger partial charge is 0.224 e. The van der Waals surface area contributed by atoms with E-state index < -0.39 is 0 Å². The molecule has 1 aromatic heterocycles. The maximum Gasteiger partial charge on any atom is 0.224 e. The number of nitrogens with one attached hydrogen (secondary N) is 2. The highest BCUT2D eigenvalue weighted by molar-refractivity contribution is 6.32. The standard InChI is InChI=1S/C12H20ClN5O/c1-5-15-12-16-6-9(13)10(17-12)18(4)7-8(2)11(19)14-3/h6,8H,5,7H2,1-4H3,(H,14,19)(H,15,16,17). The molecule has 0 saturated carbocycles. The number of hydrogen-bond donors (Lipinski definition) is 2. The van der Waals surface area contributed by atoms with Crippen LogP contribution in [0.25, 0.3) is 0 Å². The molecule has 0 spiro atoms. The summed E-state index contributed by atoms with van der Waals surface area (Å²) in [5.74, 6) is 0.984. The van der Waals surface area contributed by atoms with Crippen LogP contribution in [-0.4, -0.2) is 43.1 Å². The molecule has 1 unspecified atom stereocenters. The molecule has 0 aliphatic heterocycles. The van der Waals surface area contributed by atoms with Crippen molar-refractivity contribution >= 4 is 29.3 Å². The summed E-state index contributed by atoms with van der Waals surface area (Å²) in [7, 11) is 3.48. The van der Waals surface area contributed by atoms with Crippen LogP contribution in [0.4, 0.5) is 11.8 Å². The minimum Gasteiger partial charge on any atom is -0.359 e. The van der Waals surface area contributed by atoms with Crippen LogP contribution >= 0.6 is 11.6 Å². The highest BCUT2D eigenvalue weighted by atomic mass is 35.5. The van der Waals surface area contributed by atoms with Gasteiger partial charge in [-0.15, -0.1) is 0 Å². The molecule has 1 atom stereocenters. The van der Waals surface area contributed by atoms with Crippen molar-refractivity contribution in [1.82, 2.24) is 15.3 Å². The molecule has 1 heterocycles. The first-order valence-electron chi connectivity index (χ1n) is 6.18. The zero-order chi connectivity index (χ0) is 14.4. The van der Waals surface area contributed by atoms with Crippen LogP contribution in [0.5, 0.6) is 0 Å². The van der Waals surface area contributed by atoms with Crippen molar-refractivity contribution in [3.8, 4) is 0 Å². The third-order valence-electron chi connectivity index (χ3n) is 2.66. The number of carbonyl (C=O) groups excluding carboxylic acids is 1. The first-order valence-corrected chi connectivity index (χ1v) is 6.56. The summed E-state index contributed by atoms with van der Waals surface area (Å²) in [6.45, 7) is 5.09. The average molecular weight is 286 g/mol. The number of halogens is 1. The van der Waals surface area contributed by atoms with Gasteiger partial charge in [-0.2, -0.15) is 4.98 Å². The molecule has 106 valence electrons. The Labute approximate surface area is 118 Å². The minimum absolute atomic E-state index is 0.0102. The second-order valence-electron chi connectivity index (χ2n) is 4.29. The van der Waals surface area contributed by atoms with Crippen LogP contribution in [0.15, 0.2) is 6.20 Å². The van der Waals surface area contributed by atoms with E-state index in [1.54, 1.807) is 13.2 Å². The van der Waals surface area contributed by atoms with Crippen molar-refractivity contribution in [2.45, 2.75) is 13.8 Å². The van der Waals surface area contributed by atoms with Gasteiger partial charge in [0, 0.05) is 27.2 Å². The van der Waals surface area contributed by atoms with Gasteiger partial charge in [-0.25, -0.2) is 4.98 Å². The highest BCUT2D eigenvalue weighted by Crippen LogP contribution is 2.23. The third-order valence-corrected chi connectivity index (χ3v) is 2.93. The second-order valence-corrected chi connectivity index (χ2v) is 4.70. The van der Waals surface area contributed by atoms with E-state index in [2.05, 4.69) is 20.6 Å². The molecular weight excluding hydrogens is 266 g/mol. The van der Waals surface area contributed by atoms with Gasteiger partial charge in [-0.05, 0) is 6.92 Å². The Morgan fingerprint density at radius 2 is 2.26 bits per heavy atom. The molecule has 0 saturated heterocycles. The average Bonchev–Trinajstić information content (AvgIpc) is 2.40. The van der Waals surface area contributed by atoms with Crippen molar-refractivity contribution in [2.75, 3.05) is 37.4 Å². The van der Waals surface area contributed by atoms with E-state index in [1.807, 2.05) is 25.8 Å². The molecule has 1 amide bonds. The first kappa shape index (κ1) is 15.5.